The molecule has 0 bridgehead atoms. The second-order valence-corrected chi connectivity index (χ2v) is 5.82. The maximum atomic E-state index is 5.41. The van der Waals surface area contributed by atoms with Crippen LogP contribution in [0.3, 0.4) is 0 Å². The molecule has 3 rings (SSSR count). The van der Waals surface area contributed by atoms with Gasteiger partial charge < -0.3 is 9.72 Å². The molecule has 2 aliphatic rings. The van der Waals surface area contributed by atoms with E-state index in [1.54, 1.807) is 0 Å². The number of nitrogens with one attached hydrogen (secondary N) is 1. The summed E-state index contributed by atoms with van der Waals surface area (Å²) in [5.41, 5.74) is 2.72. The lowest BCUT2D eigenvalue weighted by molar-refractivity contribution is 0.108. The van der Waals surface area contributed by atoms with Crippen LogP contribution in [0, 0.1) is 10.1 Å². The van der Waals surface area contributed by atoms with Crippen molar-refractivity contribution in [2.24, 2.45) is 5.41 Å². The van der Waals surface area contributed by atoms with Crippen molar-refractivity contribution in [1.82, 2.24) is 9.97 Å². The molecule has 1 fully saturated rings. The maximum absolute atomic E-state index is 5.41. The van der Waals surface area contributed by atoms with Crippen molar-refractivity contribution >= 4 is 12.2 Å². The Morgan fingerprint density at radius 1 is 1.50 bits per heavy atom. The molecule has 3 nitrogen and oxygen atoms in total. The number of ether oxygens (including phenoxy) is 1. The summed E-state index contributed by atoms with van der Waals surface area (Å²) in [6, 6.07) is 0. The third-order valence-corrected chi connectivity index (χ3v) is 4.05. The number of aromatic amines is 1. The molecule has 1 saturated carbocycles. The molecule has 0 radical (unpaired) electrons. The molecule has 1 aromatic rings. The average molecular weight is 236 g/mol. The number of rotatable bonds is 1. The lowest BCUT2D eigenvalue weighted by atomic mass is 10.1. The summed E-state index contributed by atoms with van der Waals surface area (Å²) in [4.78, 5) is 7.99. The number of aromatic nitrogens is 2. The van der Waals surface area contributed by atoms with Crippen LogP contribution in [0.2, 0.25) is 0 Å². The fourth-order valence-electron chi connectivity index (χ4n) is 2.37. The number of nitrogens with zero attached hydrogens (tertiary/aromatic N) is 1. The molecule has 0 amide bonds. The summed E-state index contributed by atoms with van der Waals surface area (Å²) < 4.78 is 6.13. The largest absolute Gasteiger partial charge is 0.376 e. The van der Waals surface area contributed by atoms with E-state index in [1.165, 1.54) is 12.1 Å². The Kier molecular flexibility index (Phi) is 2.20. The predicted molar refractivity (Wildman–Crippen MR) is 63.9 cm³/mol. The molecule has 4 heteroatoms. The third-order valence-electron chi connectivity index (χ3n) is 3.71. The smallest absolute Gasteiger partial charge is 0.135 e. The van der Waals surface area contributed by atoms with Gasteiger partial charge in [-0.25, -0.2) is 4.98 Å². The second-order valence-electron chi connectivity index (χ2n) is 5.43. The molecule has 86 valence electrons. The van der Waals surface area contributed by atoms with Crippen molar-refractivity contribution in [2.45, 2.75) is 39.2 Å². The first kappa shape index (κ1) is 10.4. The summed E-state index contributed by atoms with van der Waals surface area (Å²) in [5.74, 6) is 1.64. The molecule has 1 aromatic heterocycles. The van der Waals surface area contributed by atoms with Crippen molar-refractivity contribution < 1.29 is 4.74 Å². The van der Waals surface area contributed by atoms with Gasteiger partial charge in [-0.1, -0.05) is 26.1 Å². The van der Waals surface area contributed by atoms with Crippen molar-refractivity contribution in [3.05, 3.63) is 21.7 Å². The van der Waals surface area contributed by atoms with Gasteiger partial charge in [0.2, 0.25) is 0 Å². The van der Waals surface area contributed by atoms with E-state index in [1.807, 2.05) is 0 Å². The van der Waals surface area contributed by atoms with Crippen LogP contribution in [0.15, 0.2) is 0 Å². The lowest BCUT2D eigenvalue weighted by Crippen LogP contribution is -2.15. The van der Waals surface area contributed by atoms with E-state index in [9.17, 15) is 0 Å². The molecule has 1 atom stereocenters. The molecule has 1 N–H and O–H groups in total. The monoisotopic (exact) mass is 236 g/mol. The number of hydrogen-bond acceptors (Lipinski definition) is 3. The van der Waals surface area contributed by atoms with Gasteiger partial charge in [-0.15, -0.1) is 0 Å². The van der Waals surface area contributed by atoms with E-state index in [0.717, 1.165) is 29.1 Å². The topological polar surface area (TPSA) is 37.9 Å². The Hall–Kier alpha value is -0.740. The zero-order valence-electron chi connectivity index (χ0n) is 9.67. The van der Waals surface area contributed by atoms with E-state index in [0.29, 0.717) is 17.9 Å². The Labute approximate surface area is 100 Å². The molecular formula is C12H16N2OS. The second kappa shape index (κ2) is 3.37. The van der Waals surface area contributed by atoms with Gasteiger partial charge in [0.25, 0.3) is 0 Å². The highest BCUT2D eigenvalue weighted by atomic mass is 32.1. The van der Waals surface area contributed by atoms with Gasteiger partial charge >= 0.3 is 0 Å². The predicted octanol–water partition coefficient (Wildman–Crippen LogP) is 2.73. The number of fused-ring (bicyclic) bond motifs is 1. The first-order valence-electron chi connectivity index (χ1n) is 5.77. The SMILES string of the molecule is CC1(C)CC1c1nc(=S)c2c([nH]1)CCOC2. The molecule has 1 aliphatic heterocycles. The van der Waals surface area contributed by atoms with E-state index in [2.05, 4.69) is 23.8 Å². The summed E-state index contributed by atoms with van der Waals surface area (Å²) in [5, 5.41) is 0. The van der Waals surface area contributed by atoms with Gasteiger partial charge in [-0.05, 0) is 11.8 Å². The Morgan fingerprint density at radius 3 is 2.94 bits per heavy atom. The highest BCUT2D eigenvalue weighted by Crippen LogP contribution is 2.57. The molecule has 0 aromatic carbocycles. The van der Waals surface area contributed by atoms with E-state index >= 15 is 0 Å². The van der Waals surface area contributed by atoms with Crippen LogP contribution in [0.5, 0.6) is 0 Å². The molecule has 1 aliphatic carbocycles. The summed E-state index contributed by atoms with van der Waals surface area (Å²) >= 11 is 5.34. The number of hydrogen-bond donors (Lipinski definition) is 1. The van der Waals surface area contributed by atoms with Gasteiger partial charge in [0, 0.05) is 23.6 Å². The minimum Gasteiger partial charge on any atom is -0.376 e. The number of H-pyrrole nitrogens is 1. The van der Waals surface area contributed by atoms with Crippen LogP contribution in [0.4, 0.5) is 0 Å². The van der Waals surface area contributed by atoms with Crippen molar-refractivity contribution in [2.75, 3.05) is 6.61 Å². The summed E-state index contributed by atoms with van der Waals surface area (Å²) in [6.07, 6.45) is 2.14. The quantitative estimate of drug-likeness (QED) is 0.762. The zero-order chi connectivity index (χ0) is 11.3. The molecular weight excluding hydrogens is 220 g/mol. The lowest BCUT2D eigenvalue weighted by Gasteiger charge is -2.17. The fourth-order valence-corrected chi connectivity index (χ4v) is 2.65. The van der Waals surface area contributed by atoms with Crippen molar-refractivity contribution in [3.8, 4) is 0 Å². The van der Waals surface area contributed by atoms with Crippen LogP contribution in [0.1, 0.15) is 43.3 Å². The highest BCUT2D eigenvalue weighted by molar-refractivity contribution is 7.71. The van der Waals surface area contributed by atoms with Crippen molar-refractivity contribution in [3.63, 3.8) is 0 Å². The van der Waals surface area contributed by atoms with Crippen LogP contribution in [-0.2, 0) is 17.8 Å². The van der Waals surface area contributed by atoms with E-state index in [4.69, 9.17) is 17.0 Å². The molecule has 0 saturated heterocycles. The average Bonchev–Trinajstić information content (AvgIpc) is 2.88. The van der Waals surface area contributed by atoms with Gasteiger partial charge in [-0.3, -0.25) is 0 Å². The van der Waals surface area contributed by atoms with Gasteiger partial charge in [0.15, 0.2) is 0 Å². The first-order chi connectivity index (χ1) is 7.58. The minimum absolute atomic E-state index is 0.394. The third kappa shape index (κ3) is 1.60. The van der Waals surface area contributed by atoms with Crippen LogP contribution >= 0.6 is 12.2 Å². The van der Waals surface area contributed by atoms with Crippen LogP contribution in [-0.4, -0.2) is 16.6 Å². The molecule has 0 spiro atoms. The Morgan fingerprint density at radius 2 is 2.25 bits per heavy atom. The normalized spacial score (nSPS) is 26.2. The minimum atomic E-state index is 0.394. The summed E-state index contributed by atoms with van der Waals surface area (Å²) in [7, 11) is 0. The van der Waals surface area contributed by atoms with E-state index < -0.39 is 0 Å². The zero-order valence-corrected chi connectivity index (χ0v) is 10.5. The molecule has 1 unspecified atom stereocenters. The van der Waals surface area contributed by atoms with Crippen LogP contribution in [0.25, 0.3) is 0 Å². The summed E-state index contributed by atoms with van der Waals surface area (Å²) in [6.45, 7) is 5.96. The fraction of sp³-hybridized carbons (Fsp3) is 0.667. The maximum Gasteiger partial charge on any atom is 0.135 e. The van der Waals surface area contributed by atoms with E-state index in [-0.39, 0.29) is 0 Å². The molecule has 2 heterocycles. The molecule has 16 heavy (non-hydrogen) atoms. The Balaban J connectivity index is 2.03. The van der Waals surface area contributed by atoms with Gasteiger partial charge in [0.1, 0.15) is 10.5 Å². The highest BCUT2D eigenvalue weighted by Gasteiger charge is 2.48. The van der Waals surface area contributed by atoms with Crippen LogP contribution < -0.4 is 0 Å². The standard InChI is InChI=1S/C12H16N2OS/c1-12(2)5-8(12)10-13-9-3-4-15-6-7(9)11(16)14-10/h8H,3-6H2,1-2H3,(H,13,14,16). The van der Waals surface area contributed by atoms with Gasteiger partial charge in [0.05, 0.1) is 13.2 Å². The van der Waals surface area contributed by atoms with Gasteiger partial charge in [-0.2, -0.15) is 0 Å². The van der Waals surface area contributed by atoms with Crippen molar-refractivity contribution in [1.29, 1.82) is 0 Å². The first-order valence-corrected chi connectivity index (χ1v) is 6.18. The Bertz CT molecular complexity index is 492.